The predicted molar refractivity (Wildman–Crippen MR) is 66.3 cm³/mol. The lowest BCUT2D eigenvalue weighted by molar-refractivity contribution is 0.487. The van der Waals surface area contributed by atoms with Gasteiger partial charge >= 0.3 is 0 Å². The van der Waals surface area contributed by atoms with Gasteiger partial charge in [-0.1, -0.05) is 20.8 Å². The van der Waals surface area contributed by atoms with Crippen molar-refractivity contribution in [1.29, 1.82) is 0 Å². The highest BCUT2D eigenvalue weighted by Crippen LogP contribution is 2.32. The summed E-state index contributed by atoms with van der Waals surface area (Å²) in [6.45, 7) is 9.87. The van der Waals surface area contributed by atoms with Crippen molar-refractivity contribution in [2.45, 2.75) is 58.5 Å². The van der Waals surface area contributed by atoms with E-state index in [1.54, 1.807) is 0 Å². The Morgan fingerprint density at radius 2 is 2.19 bits per heavy atom. The monoisotopic (exact) mass is 221 g/mol. The van der Waals surface area contributed by atoms with Gasteiger partial charge in [0.1, 0.15) is 0 Å². The molecule has 1 atom stereocenters. The molecule has 1 heterocycles. The minimum atomic E-state index is 0.149. The molecule has 0 aliphatic heterocycles. The fourth-order valence-electron chi connectivity index (χ4n) is 2.13. The first-order chi connectivity index (χ1) is 7.48. The molecule has 1 aliphatic rings. The van der Waals surface area contributed by atoms with Crippen molar-refractivity contribution >= 4 is 0 Å². The Morgan fingerprint density at radius 1 is 1.50 bits per heavy atom. The molecule has 0 radical (unpaired) electrons. The molecular weight excluding hydrogens is 198 g/mol. The van der Waals surface area contributed by atoms with Gasteiger partial charge in [-0.15, -0.1) is 0 Å². The maximum Gasteiger partial charge on any atom is 0.0535 e. The Morgan fingerprint density at radius 3 is 2.75 bits per heavy atom. The van der Waals surface area contributed by atoms with Crippen LogP contribution in [0, 0.1) is 5.92 Å². The van der Waals surface area contributed by atoms with Gasteiger partial charge in [-0.05, 0) is 25.7 Å². The first-order valence-electron chi connectivity index (χ1n) is 6.24. The van der Waals surface area contributed by atoms with Crippen LogP contribution in [0.15, 0.2) is 6.20 Å². The van der Waals surface area contributed by atoms with Crippen LogP contribution in [0.5, 0.6) is 0 Å². The van der Waals surface area contributed by atoms with E-state index in [9.17, 15) is 0 Å². The zero-order valence-electron chi connectivity index (χ0n) is 10.8. The number of aromatic nitrogens is 2. The fourth-order valence-corrected chi connectivity index (χ4v) is 2.13. The van der Waals surface area contributed by atoms with Crippen LogP contribution < -0.4 is 5.32 Å². The molecule has 0 bridgehead atoms. The highest BCUT2D eigenvalue weighted by Gasteiger charge is 2.28. The molecule has 1 unspecified atom stereocenters. The summed E-state index contributed by atoms with van der Waals surface area (Å²) in [5.74, 6) is 0.907. The highest BCUT2D eigenvalue weighted by molar-refractivity contribution is 5.23. The van der Waals surface area contributed by atoms with Gasteiger partial charge in [0.25, 0.3) is 0 Å². The first kappa shape index (κ1) is 11.6. The second kappa shape index (κ2) is 4.21. The molecule has 2 N–H and O–H groups in total. The van der Waals surface area contributed by atoms with E-state index in [2.05, 4.69) is 43.2 Å². The fraction of sp³-hybridized carbons (Fsp3) is 0.769. The lowest BCUT2D eigenvalue weighted by Gasteiger charge is -2.19. The summed E-state index contributed by atoms with van der Waals surface area (Å²) in [5.41, 5.74) is 2.71. The molecule has 90 valence electrons. The number of nitrogens with zero attached hydrogens (tertiary/aromatic N) is 1. The van der Waals surface area contributed by atoms with Gasteiger partial charge in [-0.3, -0.25) is 5.10 Å². The summed E-state index contributed by atoms with van der Waals surface area (Å²) >= 11 is 0. The average molecular weight is 221 g/mol. The Labute approximate surface area is 98.0 Å². The third kappa shape index (κ3) is 2.64. The van der Waals surface area contributed by atoms with Crippen molar-refractivity contribution in [3.63, 3.8) is 0 Å². The summed E-state index contributed by atoms with van der Waals surface area (Å²) in [6.07, 6.45) is 4.74. The summed E-state index contributed by atoms with van der Waals surface area (Å²) in [6, 6.07) is 0.641. The zero-order valence-corrected chi connectivity index (χ0v) is 10.8. The van der Waals surface area contributed by atoms with Crippen LogP contribution in [0.3, 0.4) is 0 Å². The van der Waals surface area contributed by atoms with Crippen molar-refractivity contribution in [3.8, 4) is 0 Å². The third-order valence-electron chi connectivity index (χ3n) is 3.41. The predicted octanol–water partition coefficient (Wildman–Crippen LogP) is 2.60. The minimum Gasteiger partial charge on any atom is -0.310 e. The minimum absolute atomic E-state index is 0.149. The Balaban J connectivity index is 1.96. The highest BCUT2D eigenvalue weighted by atomic mass is 15.1. The van der Waals surface area contributed by atoms with E-state index in [-0.39, 0.29) is 5.41 Å². The van der Waals surface area contributed by atoms with Crippen LogP contribution in [-0.4, -0.2) is 16.2 Å². The number of H-pyrrole nitrogens is 1. The summed E-state index contributed by atoms with van der Waals surface area (Å²) in [7, 11) is 0. The number of rotatable bonds is 4. The van der Waals surface area contributed by atoms with Crippen LogP contribution >= 0.6 is 0 Å². The summed E-state index contributed by atoms with van der Waals surface area (Å²) in [5, 5.41) is 10.9. The second-order valence-corrected chi connectivity index (χ2v) is 6.03. The van der Waals surface area contributed by atoms with E-state index in [1.807, 2.05) is 6.20 Å². The summed E-state index contributed by atoms with van der Waals surface area (Å²) in [4.78, 5) is 0. The van der Waals surface area contributed by atoms with Gasteiger partial charge in [0.2, 0.25) is 0 Å². The van der Waals surface area contributed by atoms with Crippen LogP contribution in [0.25, 0.3) is 0 Å². The van der Waals surface area contributed by atoms with E-state index in [1.165, 1.54) is 24.1 Å². The van der Waals surface area contributed by atoms with Crippen LogP contribution in [0.1, 0.15) is 51.8 Å². The molecule has 0 saturated heterocycles. The topological polar surface area (TPSA) is 40.7 Å². The molecule has 0 aromatic carbocycles. The molecule has 1 saturated carbocycles. The number of nitrogens with one attached hydrogen (secondary N) is 2. The smallest absolute Gasteiger partial charge is 0.0535 e. The molecule has 3 heteroatoms. The van der Waals surface area contributed by atoms with E-state index in [0.717, 1.165) is 12.5 Å². The zero-order chi connectivity index (χ0) is 11.8. The lowest BCUT2D eigenvalue weighted by Crippen LogP contribution is -2.28. The van der Waals surface area contributed by atoms with Crippen molar-refractivity contribution in [3.05, 3.63) is 17.5 Å². The number of hydrogen-bond donors (Lipinski definition) is 2. The molecule has 1 aliphatic carbocycles. The SMILES string of the molecule is CC(NCc1cn[nH]c1C(C)(C)C)C1CC1. The number of aromatic amines is 1. The van der Waals surface area contributed by atoms with Crippen LogP contribution in [-0.2, 0) is 12.0 Å². The number of hydrogen-bond acceptors (Lipinski definition) is 2. The molecule has 0 amide bonds. The van der Waals surface area contributed by atoms with Crippen molar-refractivity contribution < 1.29 is 0 Å². The third-order valence-corrected chi connectivity index (χ3v) is 3.41. The lowest BCUT2D eigenvalue weighted by atomic mass is 9.89. The first-order valence-corrected chi connectivity index (χ1v) is 6.24. The van der Waals surface area contributed by atoms with E-state index >= 15 is 0 Å². The molecule has 1 aromatic heterocycles. The Hall–Kier alpha value is -0.830. The molecule has 1 aromatic rings. The van der Waals surface area contributed by atoms with Gasteiger partial charge in [0.15, 0.2) is 0 Å². The second-order valence-electron chi connectivity index (χ2n) is 6.03. The molecule has 0 spiro atoms. The molecular formula is C13H23N3. The van der Waals surface area contributed by atoms with E-state index < -0.39 is 0 Å². The van der Waals surface area contributed by atoms with Crippen LogP contribution in [0.2, 0.25) is 0 Å². The van der Waals surface area contributed by atoms with Gasteiger partial charge in [0.05, 0.1) is 6.20 Å². The van der Waals surface area contributed by atoms with E-state index in [4.69, 9.17) is 0 Å². The van der Waals surface area contributed by atoms with Gasteiger partial charge in [-0.25, -0.2) is 0 Å². The van der Waals surface area contributed by atoms with Crippen molar-refractivity contribution in [1.82, 2.24) is 15.5 Å². The van der Waals surface area contributed by atoms with Gasteiger partial charge < -0.3 is 5.32 Å². The molecule has 3 nitrogen and oxygen atoms in total. The molecule has 1 fully saturated rings. The standard InChI is InChI=1S/C13H23N3/c1-9(10-5-6-10)14-7-11-8-15-16-12(11)13(2,3)4/h8-10,14H,5-7H2,1-4H3,(H,15,16). The quantitative estimate of drug-likeness (QED) is 0.820. The largest absolute Gasteiger partial charge is 0.310 e. The maximum atomic E-state index is 4.16. The van der Waals surface area contributed by atoms with Crippen LogP contribution in [0.4, 0.5) is 0 Å². The normalized spacial score (nSPS) is 18.8. The van der Waals surface area contributed by atoms with E-state index in [0.29, 0.717) is 6.04 Å². The average Bonchev–Trinajstić information content (AvgIpc) is 2.91. The van der Waals surface area contributed by atoms with Gasteiger partial charge in [0, 0.05) is 29.3 Å². The Bertz CT molecular complexity index is 344. The maximum absolute atomic E-state index is 4.16. The van der Waals surface area contributed by atoms with Gasteiger partial charge in [-0.2, -0.15) is 5.10 Å². The van der Waals surface area contributed by atoms with Crippen molar-refractivity contribution in [2.75, 3.05) is 0 Å². The molecule has 2 rings (SSSR count). The molecule has 16 heavy (non-hydrogen) atoms. The van der Waals surface area contributed by atoms with Crippen molar-refractivity contribution in [2.24, 2.45) is 5.92 Å². The summed E-state index contributed by atoms with van der Waals surface area (Å²) < 4.78 is 0. The Kier molecular flexibility index (Phi) is 3.06.